The summed E-state index contributed by atoms with van der Waals surface area (Å²) in [6.07, 6.45) is -4.68. The monoisotopic (exact) mass is 331 g/mol. The van der Waals surface area contributed by atoms with E-state index in [1.54, 1.807) is 0 Å². The Morgan fingerprint density at radius 2 is 2.00 bits per heavy atom. The zero-order valence-electron chi connectivity index (χ0n) is 10.5. The van der Waals surface area contributed by atoms with Crippen molar-refractivity contribution < 1.29 is 31.5 Å². The van der Waals surface area contributed by atoms with Gasteiger partial charge in [-0.1, -0.05) is 0 Å². The fraction of sp³-hybridized carbons (Fsp3) is 0.500. The third-order valence-corrected chi connectivity index (χ3v) is 5.73. The molecule has 0 aliphatic carbocycles. The molecule has 1 rings (SSSR count). The summed E-state index contributed by atoms with van der Waals surface area (Å²) in [5, 5.41) is 9.79. The molecule has 1 aromatic rings. The number of hydrogen-bond acceptors (Lipinski definition) is 4. The predicted molar refractivity (Wildman–Crippen MR) is 66.4 cm³/mol. The van der Waals surface area contributed by atoms with Crippen molar-refractivity contribution in [3.63, 3.8) is 0 Å². The molecule has 0 amide bonds. The molecule has 0 atom stereocenters. The van der Waals surface area contributed by atoms with E-state index in [1.807, 2.05) is 0 Å². The molecule has 0 bridgehead atoms. The highest BCUT2D eigenvalue weighted by Gasteiger charge is 2.39. The van der Waals surface area contributed by atoms with Crippen LogP contribution >= 0.6 is 11.3 Å². The van der Waals surface area contributed by atoms with Gasteiger partial charge in [-0.3, -0.25) is 0 Å². The lowest BCUT2D eigenvalue weighted by Gasteiger charge is -2.26. The number of rotatable bonds is 5. The van der Waals surface area contributed by atoms with E-state index in [9.17, 15) is 26.4 Å². The van der Waals surface area contributed by atoms with Crippen LogP contribution in [0.5, 0.6) is 0 Å². The maximum atomic E-state index is 12.4. The summed E-state index contributed by atoms with van der Waals surface area (Å²) in [4.78, 5) is 10.7. The Bertz CT molecular complexity index is 592. The molecule has 0 fully saturated rings. The van der Waals surface area contributed by atoms with E-state index in [0.29, 0.717) is 15.6 Å². The highest BCUT2D eigenvalue weighted by molar-refractivity contribution is 7.91. The summed E-state index contributed by atoms with van der Waals surface area (Å²) in [7, 11) is -4.38. The highest BCUT2D eigenvalue weighted by atomic mass is 32.2. The fourth-order valence-electron chi connectivity index (χ4n) is 1.40. The van der Waals surface area contributed by atoms with Gasteiger partial charge in [0.15, 0.2) is 0 Å². The fourth-order valence-corrected chi connectivity index (χ4v) is 4.30. The zero-order chi connectivity index (χ0) is 15.7. The topological polar surface area (TPSA) is 74.7 Å². The number of thiophene rings is 1. The lowest BCUT2D eigenvalue weighted by molar-refractivity contribution is -0.138. The number of carboxylic acid groups (broad SMARTS) is 1. The van der Waals surface area contributed by atoms with Gasteiger partial charge < -0.3 is 5.11 Å². The van der Waals surface area contributed by atoms with Crippen molar-refractivity contribution >= 4 is 27.3 Å². The van der Waals surface area contributed by atoms with Crippen LogP contribution in [-0.2, 0) is 10.0 Å². The summed E-state index contributed by atoms with van der Waals surface area (Å²) < 4.78 is 61.5. The second-order valence-electron chi connectivity index (χ2n) is 4.22. The van der Waals surface area contributed by atoms with E-state index >= 15 is 0 Å². The minimum atomic E-state index is -4.68. The van der Waals surface area contributed by atoms with Gasteiger partial charge in [-0.05, 0) is 19.9 Å². The molecule has 20 heavy (non-hydrogen) atoms. The molecule has 0 saturated heterocycles. The number of carboxylic acids is 1. The van der Waals surface area contributed by atoms with Crippen LogP contribution in [0.2, 0.25) is 0 Å². The maximum Gasteiger partial charge on any atom is 0.402 e. The molecule has 1 aromatic heterocycles. The predicted octanol–water partition coefficient (Wildman–Crippen LogP) is 2.41. The molecule has 1 N–H and O–H groups in total. The summed E-state index contributed by atoms with van der Waals surface area (Å²) in [5.74, 6) is -1.34. The second kappa shape index (κ2) is 5.70. The lowest BCUT2D eigenvalue weighted by Crippen LogP contribution is -2.42. The molecule has 0 radical (unpaired) electrons. The van der Waals surface area contributed by atoms with E-state index in [4.69, 9.17) is 5.11 Å². The van der Waals surface area contributed by atoms with Crippen molar-refractivity contribution in [1.82, 2.24) is 4.31 Å². The summed E-state index contributed by atoms with van der Waals surface area (Å²) in [5.41, 5.74) is -0.274. The van der Waals surface area contributed by atoms with Crippen molar-refractivity contribution in [1.29, 1.82) is 0 Å². The number of sulfonamides is 1. The molecule has 1 heterocycles. The summed E-state index contributed by atoms with van der Waals surface area (Å²) in [6.45, 7) is 1.01. The highest BCUT2D eigenvalue weighted by Crippen LogP contribution is 2.28. The smallest absolute Gasteiger partial charge is 0.402 e. The molecule has 0 unspecified atom stereocenters. The molecular formula is C10H12F3NO4S2. The van der Waals surface area contributed by atoms with Gasteiger partial charge in [0.05, 0.1) is 5.56 Å². The molecule has 114 valence electrons. The first-order chi connectivity index (χ1) is 8.95. The maximum absolute atomic E-state index is 12.4. The van der Waals surface area contributed by atoms with Gasteiger partial charge >= 0.3 is 12.1 Å². The van der Waals surface area contributed by atoms with Crippen LogP contribution in [0.1, 0.15) is 24.2 Å². The normalized spacial score (nSPS) is 13.2. The molecule has 5 nitrogen and oxygen atoms in total. The number of carbonyl (C=O) groups is 1. The van der Waals surface area contributed by atoms with E-state index in [0.717, 1.165) is 11.4 Å². The van der Waals surface area contributed by atoms with Gasteiger partial charge in [-0.2, -0.15) is 17.5 Å². The third-order valence-electron chi connectivity index (χ3n) is 2.30. The van der Waals surface area contributed by atoms with Crippen molar-refractivity contribution in [2.45, 2.75) is 30.3 Å². The summed E-state index contributed by atoms with van der Waals surface area (Å²) >= 11 is 0.579. The van der Waals surface area contributed by atoms with Gasteiger partial charge in [-0.15, -0.1) is 11.3 Å². The van der Waals surface area contributed by atoms with Gasteiger partial charge in [0.2, 0.25) is 0 Å². The minimum absolute atomic E-state index is 0.274. The largest absolute Gasteiger partial charge is 0.478 e. The Balaban J connectivity index is 3.19. The van der Waals surface area contributed by atoms with Crippen molar-refractivity contribution in [2.75, 3.05) is 6.54 Å². The third kappa shape index (κ3) is 3.93. The quantitative estimate of drug-likeness (QED) is 0.899. The van der Waals surface area contributed by atoms with Crippen molar-refractivity contribution in [3.05, 3.63) is 17.0 Å². The van der Waals surface area contributed by atoms with E-state index in [2.05, 4.69) is 0 Å². The van der Waals surface area contributed by atoms with Crippen molar-refractivity contribution in [3.8, 4) is 0 Å². The van der Waals surface area contributed by atoms with Crippen LogP contribution < -0.4 is 0 Å². The molecule has 0 saturated carbocycles. The molecule has 10 heteroatoms. The van der Waals surface area contributed by atoms with Crippen LogP contribution in [0, 0.1) is 0 Å². The number of aromatic carboxylic acids is 1. The van der Waals surface area contributed by atoms with Crippen LogP contribution in [0.15, 0.2) is 15.7 Å². The number of nitrogens with zero attached hydrogens (tertiary/aromatic N) is 1. The van der Waals surface area contributed by atoms with Gasteiger partial charge in [0, 0.05) is 11.4 Å². The molecule has 0 spiro atoms. The Morgan fingerprint density at radius 3 is 2.35 bits per heavy atom. The van der Waals surface area contributed by atoms with Gasteiger partial charge in [0.25, 0.3) is 10.0 Å². The average molecular weight is 331 g/mol. The SMILES string of the molecule is CC(C)N(CC(F)(F)F)S(=O)(=O)c1cc(C(=O)O)cs1. The van der Waals surface area contributed by atoms with Crippen molar-refractivity contribution in [2.24, 2.45) is 0 Å². The van der Waals surface area contributed by atoms with E-state index < -0.39 is 39.0 Å². The zero-order valence-corrected chi connectivity index (χ0v) is 12.1. The number of halogens is 3. The van der Waals surface area contributed by atoms with Gasteiger partial charge in [0.1, 0.15) is 10.8 Å². The van der Waals surface area contributed by atoms with E-state index in [-0.39, 0.29) is 5.56 Å². The van der Waals surface area contributed by atoms with Crippen LogP contribution in [-0.4, -0.2) is 42.6 Å². The van der Waals surface area contributed by atoms with Crippen LogP contribution in [0.25, 0.3) is 0 Å². The Labute approximate surface area is 117 Å². The van der Waals surface area contributed by atoms with Gasteiger partial charge in [-0.25, -0.2) is 13.2 Å². The molecule has 0 aromatic carbocycles. The Hall–Kier alpha value is -1.13. The standard InChI is InChI=1S/C10H12F3NO4S2/c1-6(2)14(5-10(11,12)13)20(17,18)8-3-7(4-19-8)9(15)16/h3-4,6H,5H2,1-2H3,(H,15,16). The second-order valence-corrected chi connectivity index (χ2v) is 7.25. The minimum Gasteiger partial charge on any atom is -0.478 e. The molecule has 0 aliphatic heterocycles. The van der Waals surface area contributed by atoms with Crippen LogP contribution in [0.4, 0.5) is 13.2 Å². The number of hydrogen-bond donors (Lipinski definition) is 1. The first kappa shape index (κ1) is 16.9. The summed E-state index contributed by atoms with van der Waals surface area (Å²) in [6, 6.07) is -0.0503. The molecule has 0 aliphatic rings. The lowest BCUT2D eigenvalue weighted by atomic mass is 10.4. The average Bonchev–Trinajstić information content (AvgIpc) is 2.73. The molecular weight excluding hydrogens is 319 g/mol. The van der Waals surface area contributed by atoms with E-state index in [1.165, 1.54) is 13.8 Å². The first-order valence-electron chi connectivity index (χ1n) is 5.35. The number of alkyl halides is 3. The van der Waals surface area contributed by atoms with Crippen LogP contribution in [0.3, 0.4) is 0 Å². The first-order valence-corrected chi connectivity index (χ1v) is 7.67. The Morgan fingerprint density at radius 1 is 1.45 bits per heavy atom. The Kier molecular flexibility index (Phi) is 4.82.